The van der Waals surface area contributed by atoms with Crippen LogP contribution in [-0.4, -0.2) is 12.0 Å². The molecule has 0 heterocycles. The smallest absolute Gasteiger partial charge is 0.126 e. The van der Waals surface area contributed by atoms with E-state index in [4.69, 9.17) is 66.5 Å². The summed E-state index contributed by atoms with van der Waals surface area (Å²) in [5.74, 6) is 0. The molecule has 0 fully saturated rings. The maximum absolute atomic E-state index is 5.76. The second-order valence-corrected chi connectivity index (χ2v) is 22.1. The summed E-state index contributed by atoms with van der Waals surface area (Å²) in [5.41, 5.74) is 0. The summed E-state index contributed by atoms with van der Waals surface area (Å²) in [6.07, 6.45) is 5.32. The van der Waals surface area contributed by atoms with Gasteiger partial charge in [-0.3, -0.25) is 0 Å². The van der Waals surface area contributed by atoms with Crippen molar-refractivity contribution in [1.29, 1.82) is 0 Å². The van der Waals surface area contributed by atoms with E-state index in [1.165, 1.54) is 0 Å². The molecule has 0 rings (SSSR count). The van der Waals surface area contributed by atoms with Crippen molar-refractivity contribution in [2.45, 2.75) is 44.2 Å². The zero-order chi connectivity index (χ0) is 11.9. The van der Waals surface area contributed by atoms with Gasteiger partial charge in [0.25, 0.3) is 0 Å². The van der Waals surface area contributed by atoms with Gasteiger partial charge in [0.1, 0.15) is 0 Å². The second kappa shape index (κ2) is 8.31. The van der Waals surface area contributed by atoms with E-state index in [0.717, 1.165) is 44.2 Å². The Bertz CT molecular complexity index is 146. The zero-order valence-electron chi connectivity index (χ0n) is 8.22. The fourth-order valence-electron chi connectivity index (χ4n) is 1.18. The molecule has 0 radical (unpaired) electrons. The van der Waals surface area contributed by atoms with Crippen molar-refractivity contribution in [1.82, 2.24) is 0 Å². The van der Waals surface area contributed by atoms with E-state index in [-0.39, 0.29) is 0 Å². The van der Waals surface area contributed by atoms with Crippen molar-refractivity contribution in [3.05, 3.63) is 0 Å². The Hall–Kier alpha value is 2.17. The van der Waals surface area contributed by atoms with Crippen LogP contribution in [0.4, 0.5) is 0 Å². The number of hydrogen-bond acceptors (Lipinski definition) is 0. The van der Waals surface area contributed by atoms with E-state index < -0.39 is 12.0 Å². The van der Waals surface area contributed by atoms with Crippen LogP contribution in [0.15, 0.2) is 0 Å². The van der Waals surface area contributed by atoms with Gasteiger partial charge in [0.2, 0.25) is 0 Å². The van der Waals surface area contributed by atoms with E-state index >= 15 is 0 Å². The molecule has 0 amide bonds. The molecule has 0 aliphatic carbocycles. The molecular weight excluding hydrogens is 353 g/mol. The number of rotatable bonds is 8. The van der Waals surface area contributed by atoms with Crippen LogP contribution in [0.1, 0.15) is 32.1 Å². The topological polar surface area (TPSA) is 0 Å². The summed E-state index contributed by atoms with van der Waals surface area (Å²) in [5, 5.41) is 0. The second-order valence-electron chi connectivity index (χ2n) is 3.50. The highest BCUT2D eigenvalue weighted by Crippen LogP contribution is 2.29. The van der Waals surface area contributed by atoms with Crippen molar-refractivity contribution in [3.63, 3.8) is 0 Å². The number of halogens is 6. The first-order chi connectivity index (χ1) is 6.71. The van der Waals surface area contributed by atoms with Crippen molar-refractivity contribution >= 4 is 78.5 Å². The predicted molar refractivity (Wildman–Crippen MR) is 79.3 cm³/mol. The fourth-order valence-corrected chi connectivity index (χ4v) is 4.89. The van der Waals surface area contributed by atoms with E-state index in [1.807, 2.05) is 0 Å². The van der Waals surface area contributed by atoms with Gasteiger partial charge in [-0.05, 0) is 12.1 Å². The molecule has 0 aliphatic heterocycles. The van der Waals surface area contributed by atoms with Crippen LogP contribution < -0.4 is 0 Å². The van der Waals surface area contributed by atoms with Gasteiger partial charge in [0.15, 0.2) is 0 Å². The van der Waals surface area contributed by atoms with Gasteiger partial charge >= 0.3 is 12.0 Å². The number of unbranched alkanes of at least 4 members (excludes halogenated alkanes) is 4. The summed E-state index contributed by atoms with van der Waals surface area (Å²) in [4.78, 5) is 0. The van der Waals surface area contributed by atoms with Gasteiger partial charge in [-0.25, -0.2) is 0 Å². The molecule has 0 aliphatic rings. The summed E-state index contributed by atoms with van der Waals surface area (Å²) < 4.78 is 0. The Balaban J connectivity index is 3.20. The molecule has 0 saturated heterocycles. The Labute approximate surface area is 122 Å². The monoisotopic (exact) mass is 364 g/mol. The van der Waals surface area contributed by atoms with Crippen LogP contribution in [0.2, 0.25) is 12.1 Å². The molecule has 0 N–H and O–H groups in total. The highest BCUT2D eigenvalue weighted by Gasteiger charge is 2.24. The van der Waals surface area contributed by atoms with Crippen LogP contribution in [0, 0.1) is 0 Å². The Morgan fingerprint density at radius 2 is 0.733 bits per heavy atom. The minimum absolute atomic E-state index is 0.747. The largest absolute Gasteiger partial charge is 0.341 e. The minimum Gasteiger partial charge on any atom is -0.126 e. The SMILES string of the molecule is Cl[Si](Cl)(Cl)CCCCCCC[Si](Cl)(Cl)Cl. The maximum atomic E-state index is 5.76. The van der Waals surface area contributed by atoms with Gasteiger partial charge in [-0.15, -0.1) is 66.5 Å². The highest BCUT2D eigenvalue weighted by atomic mass is 35.8. The molecule has 8 heteroatoms. The molecule has 0 spiro atoms. The molecule has 0 nitrogen and oxygen atoms in total. The first-order valence-electron chi connectivity index (χ1n) is 4.84. The molecule has 92 valence electrons. The standard InChI is InChI=1S/C7H14Cl6Si2/c8-14(9,10)6-4-2-1-3-5-7-15(11,12)13/h1-7H2. The zero-order valence-corrected chi connectivity index (χ0v) is 14.8. The summed E-state index contributed by atoms with van der Waals surface area (Å²) in [7, 11) is 0. The Morgan fingerprint density at radius 1 is 0.467 bits per heavy atom. The number of hydrogen-bond donors (Lipinski definition) is 0. The van der Waals surface area contributed by atoms with Crippen molar-refractivity contribution in [2.75, 3.05) is 0 Å². The molecule has 0 aromatic rings. The van der Waals surface area contributed by atoms with Crippen LogP contribution >= 0.6 is 66.5 Å². The predicted octanol–water partition coefficient (Wildman–Crippen LogP) is 6.25. The first-order valence-corrected chi connectivity index (χ1v) is 15.3. The average Bonchev–Trinajstić information content (AvgIpc) is 1.98. The van der Waals surface area contributed by atoms with Crippen molar-refractivity contribution < 1.29 is 0 Å². The summed E-state index contributed by atoms with van der Waals surface area (Å²) in [6, 6.07) is -3.30. The van der Waals surface area contributed by atoms with Crippen molar-refractivity contribution in [3.8, 4) is 0 Å². The lowest BCUT2D eigenvalue weighted by molar-refractivity contribution is 0.654. The Kier molecular flexibility index (Phi) is 9.51. The quantitative estimate of drug-likeness (QED) is 0.270. The van der Waals surface area contributed by atoms with Gasteiger partial charge in [0.05, 0.1) is 0 Å². The maximum Gasteiger partial charge on any atom is 0.341 e. The third kappa shape index (κ3) is 16.2. The van der Waals surface area contributed by atoms with Crippen LogP contribution in [-0.2, 0) is 0 Å². The fraction of sp³-hybridized carbons (Fsp3) is 1.00. The van der Waals surface area contributed by atoms with Gasteiger partial charge < -0.3 is 0 Å². The molecule has 0 atom stereocenters. The average molecular weight is 367 g/mol. The third-order valence-corrected chi connectivity index (χ3v) is 7.16. The third-order valence-electron chi connectivity index (χ3n) is 1.92. The lowest BCUT2D eigenvalue weighted by Gasteiger charge is -2.08. The first kappa shape index (κ1) is 17.2. The van der Waals surface area contributed by atoms with Gasteiger partial charge in [-0.2, -0.15) is 0 Å². The molecular formula is C7H14Cl6Si2. The molecule has 0 aromatic heterocycles. The summed E-state index contributed by atoms with van der Waals surface area (Å²) >= 11 is 34.5. The van der Waals surface area contributed by atoms with E-state index in [0.29, 0.717) is 0 Å². The van der Waals surface area contributed by atoms with E-state index in [2.05, 4.69) is 0 Å². The summed E-state index contributed by atoms with van der Waals surface area (Å²) in [6.45, 7) is 0. The van der Waals surface area contributed by atoms with Gasteiger partial charge in [-0.1, -0.05) is 32.1 Å². The lowest BCUT2D eigenvalue weighted by atomic mass is 10.2. The van der Waals surface area contributed by atoms with Gasteiger partial charge in [0, 0.05) is 0 Å². The highest BCUT2D eigenvalue weighted by molar-refractivity contribution is 7.65. The van der Waals surface area contributed by atoms with Crippen LogP contribution in [0.5, 0.6) is 0 Å². The Morgan fingerprint density at radius 3 is 1.00 bits per heavy atom. The minimum atomic E-state index is -2.40. The molecule has 0 aromatic carbocycles. The molecule has 15 heavy (non-hydrogen) atoms. The lowest BCUT2D eigenvalue weighted by Crippen LogP contribution is -2.08. The van der Waals surface area contributed by atoms with E-state index in [9.17, 15) is 0 Å². The molecule has 0 saturated carbocycles. The van der Waals surface area contributed by atoms with Crippen molar-refractivity contribution in [2.24, 2.45) is 0 Å². The molecule has 0 bridgehead atoms. The van der Waals surface area contributed by atoms with Crippen LogP contribution in [0.3, 0.4) is 0 Å². The molecule has 0 unspecified atom stereocenters. The van der Waals surface area contributed by atoms with E-state index in [1.54, 1.807) is 0 Å². The van der Waals surface area contributed by atoms with Crippen LogP contribution in [0.25, 0.3) is 0 Å². The normalized spacial score (nSPS) is 13.2.